The van der Waals surface area contributed by atoms with Crippen LogP contribution in [0, 0.1) is 6.92 Å². The van der Waals surface area contributed by atoms with Gasteiger partial charge >= 0.3 is 5.97 Å². The molecule has 1 unspecified atom stereocenters. The third kappa shape index (κ3) is 2.09. The molecule has 1 atom stereocenters. The monoisotopic (exact) mass is 249 g/mol. The maximum Gasteiger partial charge on any atom is 0.338 e. The summed E-state index contributed by atoms with van der Waals surface area (Å²) in [5, 5.41) is 9.49. The van der Waals surface area contributed by atoms with E-state index < -0.39 is 12.1 Å². The van der Waals surface area contributed by atoms with Crippen LogP contribution >= 0.6 is 0 Å². The lowest BCUT2D eigenvalue weighted by molar-refractivity contribution is -0.117. The largest absolute Gasteiger partial charge is 0.465 e. The summed E-state index contributed by atoms with van der Waals surface area (Å²) >= 11 is 0. The predicted octanol–water partition coefficient (Wildman–Crippen LogP) is 0.879. The molecule has 0 saturated carbocycles. The van der Waals surface area contributed by atoms with Crippen molar-refractivity contribution in [1.82, 2.24) is 0 Å². The van der Waals surface area contributed by atoms with Crippen molar-refractivity contribution in [2.24, 2.45) is 0 Å². The first-order valence-corrected chi connectivity index (χ1v) is 5.71. The molecule has 0 aliphatic carbocycles. The molecular formula is C13H15NO4. The van der Waals surface area contributed by atoms with Gasteiger partial charge in [-0.05, 0) is 24.6 Å². The van der Waals surface area contributed by atoms with Crippen LogP contribution < -0.4 is 4.90 Å². The van der Waals surface area contributed by atoms with E-state index in [1.165, 1.54) is 12.0 Å². The van der Waals surface area contributed by atoms with Crippen LogP contribution in [-0.2, 0) is 9.53 Å². The second-order valence-electron chi connectivity index (χ2n) is 4.30. The van der Waals surface area contributed by atoms with Gasteiger partial charge in [0.1, 0.15) is 0 Å². The zero-order chi connectivity index (χ0) is 13.3. The van der Waals surface area contributed by atoms with Gasteiger partial charge < -0.3 is 14.7 Å². The van der Waals surface area contributed by atoms with E-state index in [1.54, 1.807) is 25.1 Å². The Morgan fingerprint density at radius 2 is 2.22 bits per heavy atom. The van der Waals surface area contributed by atoms with E-state index in [2.05, 4.69) is 0 Å². The summed E-state index contributed by atoms with van der Waals surface area (Å²) in [7, 11) is 1.32. The number of hydrogen-bond acceptors (Lipinski definition) is 4. The van der Waals surface area contributed by atoms with Crippen LogP contribution in [0.2, 0.25) is 0 Å². The van der Waals surface area contributed by atoms with Crippen LogP contribution in [0.5, 0.6) is 0 Å². The number of carbonyl (C=O) groups is 2. The smallest absolute Gasteiger partial charge is 0.338 e. The minimum atomic E-state index is -0.640. The van der Waals surface area contributed by atoms with Gasteiger partial charge in [0, 0.05) is 5.69 Å². The maximum absolute atomic E-state index is 11.7. The van der Waals surface area contributed by atoms with Crippen molar-refractivity contribution in [3.63, 3.8) is 0 Å². The molecule has 18 heavy (non-hydrogen) atoms. The van der Waals surface area contributed by atoms with Crippen molar-refractivity contribution >= 4 is 17.6 Å². The van der Waals surface area contributed by atoms with E-state index in [4.69, 9.17) is 4.74 Å². The van der Waals surface area contributed by atoms with E-state index >= 15 is 0 Å². The molecule has 0 radical (unpaired) electrons. The van der Waals surface area contributed by atoms with Crippen LogP contribution in [0.3, 0.4) is 0 Å². The minimum absolute atomic E-state index is 0.127. The van der Waals surface area contributed by atoms with Crippen molar-refractivity contribution in [3.05, 3.63) is 29.3 Å². The minimum Gasteiger partial charge on any atom is -0.465 e. The Morgan fingerprint density at radius 3 is 2.78 bits per heavy atom. The van der Waals surface area contributed by atoms with Crippen LogP contribution in [-0.4, -0.2) is 36.7 Å². The predicted molar refractivity (Wildman–Crippen MR) is 65.5 cm³/mol. The van der Waals surface area contributed by atoms with E-state index in [9.17, 15) is 14.7 Å². The topological polar surface area (TPSA) is 66.8 Å². The van der Waals surface area contributed by atoms with Crippen molar-refractivity contribution in [2.45, 2.75) is 19.4 Å². The normalized spacial score (nSPS) is 19.2. The summed E-state index contributed by atoms with van der Waals surface area (Å²) in [5.41, 5.74) is 1.77. The molecule has 1 aromatic carbocycles. The number of esters is 1. The van der Waals surface area contributed by atoms with E-state index in [1.807, 2.05) is 0 Å². The molecule has 1 aromatic rings. The lowest BCUT2D eigenvalue weighted by Crippen LogP contribution is -2.26. The molecule has 1 aliphatic rings. The van der Waals surface area contributed by atoms with Crippen LogP contribution in [0.1, 0.15) is 22.3 Å². The lowest BCUT2D eigenvalue weighted by Gasteiger charge is -2.19. The average molecular weight is 249 g/mol. The molecule has 5 heteroatoms. The van der Waals surface area contributed by atoms with E-state index in [-0.39, 0.29) is 18.9 Å². The zero-order valence-corrected chi connectivity index (χ0v) is 10.3. The number of ether oxygens (including phenoxy) is 1. The van der Waals surface area contributed by atoms with E-state index in [0.717, 1.165) is 0 Å². The number of aliphatic hydroxyl groups excluding tert-OH is 1. The molecule has 1 aliphatic heterocycles. The standard InChI is InChI=1S/C13H15NO4/c1-8-10(13(17)18-2)4-3-5-11(8)14-7-9(15)6-12(14)16/h3-5,9,15H,6-7H2,1-2H3. The molecule has 1 saturated heterocycles. The van der Waals surface area contributed by atoms with Crippen LogP contribution in [0.25, 0.3) is 0 Å². The highest BCUT2D eigenvalue weighted by atomic mass is 16.5. The SMILES string of the molecule is COC(=O)c1cccc(N2CC(O)CC2=O)c1C. The fourth-order valence-electron chi connectivity index (χ4n) is 2.17. The summed E-state index contributed by atoms with van der Waals surface area (Å²) in [5.74, 6) is -0.561. The van der Waals surface area contributed by atoms with Crippen molar-refractivity contribution in [3.8, 4) is 0 Å². The summed E-state index contributed by atoms with van der Waals surface area (Å²) in [6, 6.07) is 5.12. The molecule has 0 bridgehead atoms. The van der Waals surface area contributed by atoms with Gasteiger partial charge in [-0.2, -0.15) is 0 Å². The van der Waals surface area contributed by atoms with Crippen molar-refractivity contribution in [2.75, 3.05) is 18.6 Å². The van der Waals surface area contributed by atoms with Crippen LogP contribution in [0.15, 0.2) is 18.2 Å². The average Bonchev–Trinajstić information content (AvgIpc) is 2.68. The molecule has 5 nitrogen and oxygen atoms in total. The number of anilines is 1. The molecule has 0 spiro atoms. The molecular weight excluding hydrogens is 234 g/mol. The van der Waals surface area contributed by atoms with Crippen LogP contribution in [0.4, 0.5) is 5.69 Å². The first-order valence-electron chi connectivity index (χ1n) is 5.71. The van der Waals surface area contributed by atoms with Gasteiger partial charge in [-0.3, -0.25) is 4.79 Å². The molecule has 96 valence electrons. The first kappa shape index (κ1) is 12.6. The van der Waals surface area contributed by atoms with Gasteiger partial charge in [-0.1, -0.05) is 6.07 Å². The number of amides is 1. The highest BCUT2D eigenvalue weighted by Crippen LogP contribution is 2.27. The number of nitrogens with zero attached hydrogens (tertiary/aromatic N) is 1. The van der Waals surface area contributed by atoms with Gasteiger partial charge in [0.15, 0.2) is 0 Å². The third-order valence-corrected chi connectivity index (χ3v) is 3.11. The van der Waals surface area contributed by atoms with E-state index in [0.29, 0.717) is 16.8 Å². The number of aliphatic hydroxyl groups is 1. The van der Waals surface area contributed by atoms with Gasteiger partial charge in [0.05, 0.1) is 31.7 Å². The zero-order valence-electron chi connectivity index (χ0n) is 10.3. The Balaban J connectivity index is 2.40. The Labute approximate surface area is 105 Å². The molecule has 1 heterocycles. The molecule has 0 aromatic heterocycles. The van der Waals surface area contributed by atoms with Crippen molar-refractivity contribution < 1.29 is 19.4 Å². The maximum atomic E-state index is 11.7. The summed E-state index contributed by atoms with van der Waals surface area (Å²) < 4.78 is 4.69. The molecule has 1 N–H and O–H groups in total. The second-order valence-corrected chi connectivity index (χ2v) is 4.30. The summed E-state index contributed by atoms with van der Waals surface area (Å²) in [6.45, 7) is 2.03. The Hall–Kier alpha value is -1.88. The molecule has 1 amide bonds. The number of β-amino-alcohol motifs (C(OH)–C–C–N with tert-alkyl or cyclic N) is 1. The summed E-state index contributed by atoms with van der Waals surface area (Å²) in [4.78, 5) is 24.8. The number of methoxy groups -OCH3 is 1. The summed E-state index contributed by atoms with van der Waals surface area (Å²) in [6.07, 6.45) is -0.513. The van der Waals surface area contributed by atoms with Gasteiger partial charge in [0.2, 0.25) is 5.91 Å². The Morgan fingerprint density at radius 1 is 1.50 bits per heavy atom. The number of rotatable bonds is 2. The van der Waals surface area contributed by atoms with Crippen molar-refractivity contribution in [1.29, 1.82) is 0 Å². The fourth-order valence-corrected chi connectivity index (χ4v) is 2.17. The Bertz CT molecular complexity index is 498. The fraction of sp³-hybridized carbons (Fsp3) is 0.385. The van der Waals surface area contributed by atoms with Gasteiger partial charge in [-0.25, -0.2) is 4.79 Å². The number of carbonyl (C=O) groups excluding carboxylic acids is 2. The first-order chi connectivity index (χ1) is 8.54. The second kappa shape index (κ2) is 4.78. The number of hydrogen-bond donors (Lipinski definition) is 1. The highest BCUT2D eigenvalue weighted by molar-refractivity contribution is 5.99. The highest BCUT2D eigenvalue weighted by Gasteiger charge is 2.30. The number of benzene rings is 1. The molecule has 1 fully saturated rings. The molecule has 2 rings (SSSR count). The quantitative estimate of drug-likeness (QED) is 0.790. The van der Waals surface area contributed by atoms with Gasteiger partial charge in [-0.15, -0.1) is 0 Å². The third-order valence-electron chi connectivity index (χ3n) is 3.11. The van der Waals surface area contributed by atoms with Gasteiger partial charge in [0.25, 0.3) is 0 Å². The lowest BCUT2D eigenvalue weighted by atomic mass is 10.1. The Kier molecular flexibility index (Phi) is 3.34.